The first-order valence-electron chi connectivity index (χ1n) is 11.0. The van der Waals surface area contributed by atoms with Gasteiger partial charge < -0.3 is 14.8 Å². The number of aromatic nitrogens is 1. The van der Waals surface area contributed by atoms with Crippen LogP contribution < -0.4 is 19.5 Å². The molecule has 2 amide bonds. The lowest BCUT2D eigenvalue weighted by molar-refractivity contribution is -0.274. The van der Waals surface area contributed by atoms with Crippen molar-refractivity contribution in [3.8, 4) is 16.7 Å². The van der Waals surface area contributed by atoms with Gasteiger partial charge in [-0.05, 0) is 59.5 Å². The molecular weight excluding hydrogens is 525 g/mol. The molecule has 37 heavy (non-hydrogen) atoms. The van der Waals surface area contributed by atoms with Crippen LogP contribution in [-0.4, -0.2) is 23.6 Å². The number of hydrogen-bond acceptors (Lipinski definition) is 7. The molecule has 0 unspecified atom stereocenters. The predicted molar refractivity (Wildman–Crippen MR) is 141 cm³/mol. The third-order valence-electron chi connectivity index (χ3n) is 4.88. The number of anilines is 1. The highest BCUT2D eigenvalue weighted by Crippen LogP contribution is 2.33. The first-order valence-corrected chi connectivity index (χ1v) is 12.5. The molecule has 0 aliphatic carbocycles. The van der Waals surface area contributed by atoms with Crippen LogP contribution in [0.3, 0.4) is 0 Å². The highest BCUT2D eigenvalue weighted by molar-refractivity contribution is 7.96. The smallest absolute Gasteiger partial charge is 0.431 e. The molecule has 0 radical (unpaired) electrons. The molecular formula is C25H21F3N4O3S2. The Morgan fingerprint density at radius 2 is 1.81 bits per heavy atom. The second-order valence-electron chi connectivity index (χ2n) is 7.95. The van der Waals surface area contributed by atoms with Gasteiger partial charge in [0.05, 0.1) is 22.4 Å². The minimum atomic E-state index is -4.75. The van der Waals surface area contributed by atoms with E-state index in [9.17, 15) is 18.0 Å². The maximum absolute atomic E-state index is 12.3. The van der Waals surface area contributed by atoms with Crippen LogP contribution in [0.15, 0.2) is 71.1 Å². The zero-order valence-electron chi connectivity index (χ0n) is 19.6. The summed E-state index contributed by atoms with van der Waals surface area (Å²) < 4.78 is 54.0. The number of nitrogens with one attached hydrogen (secondary N) is 2. The molecule has 0 bridgehead atoms. The standard InChI is InChI=1S/C25H21F3N4O3S2/c1-15(2)19-5-3-4-6-20(19)30-23(33)32-37-29-14-16-7-12-21-22(13-16)36-24(31-21)34-17-8-10-18(11-9-17)35-25(26,27)28/h3-15H,1-2H3,(H2,30,32,33). The number of rotatable bonds is 8. The number of amides is 2. The largest absolute Gasteiger partial charge is 0.573 e. The van der Waals surface area contributed by atoms with Gasteiger partial charge in [0, 0.05) is 11.9 Å². The summed E-state index contributed by atoms with van der Waals surface area (Å²) in [4.78, 5) is 16.6. The summed E-state index contributed by atoms with van der Waals surface area (Å²) >= 11 is 2.17. The maximum atomic E-state index is 12.3. The quantitative estimate of drug-likeness (QED) is 0.173. The molecule has 0 saturated carbocycles. The van der Waals surface area contributed by atoms with Gasteiger partial charge >= 0.3 is 12.4 Å². The minimum Gasteiger partial charge on any atom is -0.431 e. The second-order valence-corrected chi connectivity index (χ2v) is 9.54. The van der Waals surface area contributed by atoms with Crippen molar-refractivity contribution in [1.82, 2.24) is 9.71 Å². The number of benzene rings is 3. The molecule has 4 aromatic rings. The van der Waals surface area contributed by atoms with Crippen molar-refractivity contribution in [1.29, 1.82) is 0 Å². The summed E-state index contributed by atoms with van der Waals surface area (Å²) in [5.41, 5.74) is 3.28. The van der Waals surface area contributed by atoms with Crippen LogP contribution in [0.2, 0.25) is 0 Å². The van der Waals surface area contributed by atoms with Crippen LogP contribution in [0, 0.1) is 0 Å². The van der Waals surface area contributed by atoms with Crippen LogP contribution in [0.25, 0.3) is 10.2 Å². The number of halogens is 3. The van der Waals surface area contributed by atoms with Crippen molar-refractivity contribution in [2.45, 2.75) is 26.1 Å². The van der Waals surface area contributed by atoms with E-state index < -0.39 is 6.36 Å². The highest BCUT2D eigenvalue weighted by atomic mass is 32.2. The molecule has 1 aromatic heterocycles. The number of thiazole rings is 1. The van der Waals surface area contributed by atoms with Crippen molar-refractivity contribution < 1.29 is 27.4 Å². The van der Waals surface area contributed by atoms with Crippen molar-refractivity contribution in [3.63, 3.8) is 0 Å². The lowest BCUT2D eigenvalue weighted by atomic mass is 10.0. The summed E-state index contributed by atoms with van der Waals surface area (Å²) in [6.45, 7) is 4.11. The van der Waals surface area contributed by atoms with E-state index in [2.05, 4.69) is 38.0 Å². The minimum absolute atomic E-state index is 0.271. The summed E-state index contributed by atoms with van der Waals surface area (Å²) in [5.74, 6) is 0.263. The molecule has 3 aromatic carbocycles. The van der Waals surface area contributed by atoms with Crippen LogP contribution in [0.4, 0.5) is 23.7 Å². The van der Waals surface area contributed by atoms with E-state index in [0.717, 1.165) is 33.6 Å². The molecule has 0 spiro atoms. The average molecular weight is 547 g/mol. The van der Waals surface area contributed by atoms with E-state index in [1.54, 1.807) is 12.3 Å². The normalized spacial score (nSPS) is 11.7. The summed E-state index contributed by atoms with van der Waals surface area (Å²) in [6.07, 6.45) is -3.15. The van der Waals surface area contributed by atoms with Gasteiger partial charge in [-0.15, -0.1) is 13.2 Å². The number of urea groups is 1. The Bertz CT molecular complexity index is 1410. The number of hydrogen-bond donors (Lipinski definition) is 2. The highest BCUT2D eigenvalue weighted by Gasteiger charge is 2.31. The summed E-state index contributed by atoms with van der Waals surface area (Å²) in [5, 5.41) is 3.16. The molecule has 1 heterocycles. The van der Waals surface area contributed by atoms with Crippen LogP contribution in [0.1, 0.15) is 30.9 Å². The Kier molecular flexibility index (Phi) is 8.19. The van der Waals surface area contributed by atoms with Crippen molar-refractivity contribution in [3.05, 3.63) is 77.9 Å². The third kappa shape index (κ3) is 7.61. The third-order valence-corrected chi connectivity index (χ3v) is 6.26. The molecule has 4 rings (SSSR count). The molecule has 0 fully saturated rings. The summed E-state index contributed by atoms with van der Waals surface area (Å²) in [6, 6.07) is 17.8. The predicted octanol–water partition coefficient (Wildman–Crippen LogP) is 7.91. The van der Waals surface area contributed by atoms with Gasteiger partial charge in [-0.3, -0.25) is 4.72 Å². The van der Waals surface area contributed by atoms with Crippen LogP contribution in [0.5, 0.6) is 16.7 Å². The first kappa shape index (κ1) is 26.3. The molecule has 0 saturated heterocycles. The van der Waals surface area contributed by atoms with Gasteiger partial charge in [-0.2, -0.15) is 0 Å². The van der Waals surface area contributed by atoms with E-state index in [0.29, 0.717) is 16.5 Å². The van der Waals surface area contributed by atoms with Crippen molar-refractivity contribution in [2.75, 3.05) is 5.32 Å². The lowest BCUT2D eigenvalue weighted by Crippen LogP contribution is -2.23. The fourth-order valence-electron chi connectivity index (χ4n) is 3.27. The number of carbonyl (C=O) groups excluding carboxylic acids is 1. The number of nitrogens with zero attached hydrogens (tertiary/aromatic N) is 2. The number of alkyl halides is 3. The van der Waals surface area contributed by atoms with E-state index in [1.807, 2.05) is 36.4 Å². The zero-order valence-corrected chi connectivity index (χ0v) is 21.2. The number of fused-ring (bicyclic) bond motifs is 1. The Hall–Kier alpha value is -3.77. The Balaban J connectivity index is 1.32. The molecule has 0 atom stereocenters. The molecule has 0 aliphatic heterocycles. The monoisotopic (exact) mass is 546 g/mol. The average Bonchev–Trinajstić information content (AvgIpc) is 3.24. The second kappa shape index (κ2) is 11.5. The van der Waals surface area contributed by atoms with Crippen molar-refractivity contribution >= 4 is 51.6 Å². The van der Waals surface area contributed by atoms with Gasteiger partial charge in [0.15, 0.2) is 0 Å². The van der Waals surface area contributed by atoms with Gasteiger partial charge in [-0.1, -0.05) is 49.4 Å². The topological polar surface area (TPSA) is 84.8 Å². The lowest BCUT2D eigenvalue weighted by Gasteiger charge is -2.13. The Morgan fingerprint density at radius 3 is 2.54 bits per heavy atom. The fraction of sp³-hybridized carbons (Fsp3) is 0.160. The number of ether oxygens (including phenoxy) is 2. The van der Waals surface area contributed by atoms with E-state index in [4.69, 9.17) is 4.74 Å². The maximum Gasteiger partial charge on any atom is 0.573 e. The zero-order chi connectivity index (χ0) is 26.4. The van der Waals surface area contributed by atoms with E-state index in [-0.39, 0.29) is 17.7 Å². The van der Waals surface area contributed by atoms with Crippen molar-refractivity contribution in [2.24, 2.45) is 4.40 Å². The van der Waals surface area contributed by atoms with Gasteiger partial charge in [0.1, 0.15) is 11.5 Å². The molecule has 0 aliphatic rings. The van der Waals surface area contributed by atoms with E-state index >= 15 is 0 Å². The van der Waals surface area contributed by atoms with Gasteiger partial charge in [0.25, 0.3) is 5.19 Å². The number of para-hydroxylation sites is 1. The van der Waals surface area contributed by atoms with Gasteiger partial charge in [-0.25, -0.2) is 14.2 Å². The number of carbonyl (C=O) groups is 1. The molecule has 192 valence electrons. The SMILES string of the molecule is CC(C)c1ccccc1NC(=O)NSN=Cc1ccc2nc(Oc3ccc(OC(F)(F)F)cc3)sc2c1. The molecule has 12 heteroatoms. The first-order chi connectivity index (χ1) is 17.7. The fourth-order valence-corrected chi connectivity index (χ4v) is 4.52. The van der Waals surface area contributed by atoms with Crippen LogP contribution in [-0.2, 0) is 0 Å². The Labute approximate surface area is 219 Å². The Morgan fingerprint density at radius 1 is 1.08 bits per heavy atom. The van der Waals surface area contributed by atoms with E-state index in [1.165, 1.54) is 35.6 Å². The van der Waals surface area contributed by atoms with Crippen LogP contribution >= 0.6 is 23.5 Å². The molecule has 2 N–H and O–H groups in total. The molecule has 7 nitrogen and oxygen atoms in total. The van der Waals surface area contributed by atoms with Gasteiger partial charge in [0.2, 0.25) is 0 Å². The summed E-state index contributed by atoms with van der Waals surface area (Å²) in [7, 11) is 0.